The van der Waals surface area contributed by atoms with Gasteiger partial charge in [0, 0.05) is 29.1 Å². The van der Waals surface area contributed by atoms with Gasteiger partial charge < -0.3 is 21.5 Å². The van der Waals surface area contributed by atoms with Gasteiger partial charge >= 0.3 is 0 Å². The van der Waals surface area contributed by atoms with Gasteiger partial charge in [-0.3, -0.25) is 0 Å². The number of nitrogens with zero attached hydrogens (tertiary/aromatic N) is 2. The summed E-state index contributed by atoms with van der Waals surface area (Å²) < 4.78 is 5.88. The Hall–Kier alpha value is -4.06. The van der Waals surface area contributed by atoms with Gasteiger partial charge in [-0.2, -0.15) is 0 Å². The Bertz CT molecular complexity index is 1100. The number of hydrogen-bond acceptors (Lipinski definition) is 6. The predicted molar refractivity (Wildman–Crippen MR) is 113 cm³/mol. The molecule has 4 rings (SSSR count). The van der Waals surface area contributed by atoms with Gasteiger partial charge in [-0.15, -0.1) is 0 Å². The van der Waals surface area contributed by atoms with Crippen molar-refractivity contribution in [1.82, 2.24) is 9.97 Å². The lowest BCUT2D eigenvalue weighted by Crippen LogP contribution is -2.01. The van der Waals surface area contributed by atoms with Gasteiger partial charge in [0.1, 0.15) is 23.1 Å². The molecular weight excluding hydrogens is 350 g/mol. The second-order valence-electron chi connectivity index (χ2n) is 6.20. The Morgan fingerprint density at radius 3 is 2.32 bits per heavy atom. The van der Waals surface area contributed by atoms with E-state index in [1.54, 1.807) is 6.07 Å². The van der Waals surface area contributed by atoms with Gasteiger partial charge in [0.25, 0.3) is 0 Å². The third kappa shape index (κ3) is 4.19. The second kappa shape index (κ2) is 7.67. The van der Waals surface area contributed by atoms with E-state index >= 15 is 0 Å². The quantitative estimate of drug-likeness (QED) is 0.435. The van der Waals surface area contributed by atoms with Crippen LogP contribution in [0.3, 0.4) is 0 Å². The maximum absolute atomic E-state index is 5.97. The third-order valence-electron chi connectivity index (χ3n) is 3.98. The highest BCUT2D eigenvalue weighted by Gasteiger charge is 2.07. The standard InChI is InChI=1S/C22H19N5O/c23-16-7-4-6-15(12-16)22-26-20(24)14-21(27-22)25-17-8-5-11-19(13-17)28-18-9-2-1-3-10-18/h1-14H,23H2,(H3,24,25,26,27). The Balaban J connectivity index is 1.58. The Morgan fingerprint density at radius 1 is 0.714 bits per heavy atom. The molecule has 1 heterocycles. The van der Waals surface area contributed by atoms with Crippen LogP contribution in [0.4, 0.5) is 23.0 Å². The number of hydrogen-bond donors (Lipinski definition) is 3. The summed E-state index contributed by atoms with van der Waals surface area (Å²) in [6.07, 6.45) is 0. The van der Waals surface area contributed by atoms with E-state index in [0.29, 0.717) is 28.9 Å². The Labute approximate surface area is 162 Å². The molecule has 4 aromatic rings. The molecule has 0 aliphatic heterocycles. The minimum atomic E-state index is 0.367. The number of para-hydroxylation sites is 1. The van der Waals surface area contributed by atoms with E-state index in [1.165, 1.54) is 0 Å². The number of rotatable bonds is 5. The summed E-state index contributed by atoms with van der Waals surface area (Å²) in [7, 11) is 0. The number of benzene rings is 3. The molecule has 0 saturated heterocycles. The SMILES string of the molecule is Nc1cccc(-c2nc(N)cc(Nc3cccc(Oc4ccccc4)c3)n2)c1. The highest BCUT2D eigenvalue weighted by atomic mass is 16.5. The first-order valence-electron chi connectivity index (χ1n) is 8.76. The van der Waals surface area contributed by atoms with Crippen LogP contribution in [0.25, 0.3) is 11.4 Å². The molecule has 28 heavy (non-hydrogen) atoms. The summed E-state index contributed by atoms with van der Waals surface area (Å²) in [5.74, 6) is 2.95. The molecule has 6 heteroatoms. The molecule has 0 amide bonds. The van der Waals surface area contributed by atoms with Crippen molar-refractivity contribution in [3.05, 3.63) is 84.9 Å². The molecule has 0 unspecified atom stereocenters. The molecular formula is C22H19N5O. The predicted octanol–water partition coefficient (Wildman–Crippen LogP) is 4.84. The highest BCUT2D eigenvalue weighted by Crippen LogP contribution is 2.27. The molecule has 0 aliphatic carbocycles. The summed E-state index contributed by atoms with van der Waals surface area (Å²) in [4.78, 5) is 8.86. The number of anilines is 4. The van der Waals surface area contributed by atoms with E-state index in [9.17, 15) is 0 Å². The number of nitrogen functional groups attached to an aromatic ring is 2. The number of nitrogens with one attached hydrogen (secondary N) is 1. The highest BCUT2D eigenvalue weighted by molar-refractivity contribution is 5.67. The van der Waals surface area contributed by atoms with E-state index in [2.05, 4.69) is 15.3 Å². The summed E-state index contributed by atoms with van der Waals surface area (Å²) in [6, 6.07) is 26.3. The van der Waals surface area contributed by atoms with Crippen molar-refractivity contribution in [1.29, 1.82) is 0 Å². The van der Waals surface area contributed by atoms with E-state index < -0.39 is 0 Å². The average molecular weight is 369 g/mol. The average Bonchev–Trinajstić information content (AvgIpc) is 2.69. The lowest BCUT2D eigenvalue weighted by molar-refractivity contribution is 0.483. The zero-order valence-electron chi connectivity index (χ0n) is 15.0. The van der Waals surface area contributed by atoms with Crippen molar-refractivity contribution < 1.29 is 4.74 Å². The number of aromatic nitrogens is 2. The summed E-state index contributed by atoms with van der Waals surface area (Å²) in [5.41, 5.74) is 14.1. The third-order valence-corrected chi connectivity index (χ3v) is 3.98. The van der Waals surface area contributed by atoms with Crippen molar-refractivity contribution in [2.24, 2.45) is 0 Å². The second-order valence-corrected chi connectivity index (χ2v) is 6.20. The lowest BCUT2D eigenvalue weighted by Gasteiger charge is -2.11. The van der Waals surface area contributed by atoms with E-state index in [0.717, 1.165) is 17.0 Å². The first kappa shape index (κ1) is 17.4. The van der Waals surface area contributed by atoms with Crippen molar-refractivity contribution >= 4 is 23.0 Å². The molecule has 0 radical (unpaired) electrons. The minimum absolute atomic E-state index is 0.367. The largest absolute Gasteiger partial charge is 0.457 e. The van der Waals surface area contributed by atoms with Gasteiger partial charge in [0.05, 0.1) is 0 Å². The van der Waals surface area contributed by atoms with Gasteiger partial charge in [0.2, 0.25) is 0 Å². The van der Waals surface area contributed by atoms with Crippen LogP contribution in [0.2, 0.25) is 0 Å². The van der Waals surface area contributed by atoms with E-state index in [1.807, 2.05) is 78.9 Å². The maximum Gasteiger partial charge on any atom is 0.163 e. The molecule has 0 bridgehead atoms. The molecule has 0 spiro atoms. The van der Waals surface area contributed by atoms with Crippen LogP contribution in [0.1, 0.15) is 0 Å². The molecule has 1 aromatic heterocycles. The molecule has 3 aromatic carbocycles. The van der Waals surface area contributed by atoms with E-state index in [-0.39, 0.29) is 0 Å². The molecule has 5 N–H and O–H groups in total. The van der Waals surface area contributed by atoms with Crippen molar-refractivity contribution in [3.63, 3.8) is 0 Å². The normalized spacial score (nSPS) is 10.4. The van der Waals surface area contributed by atoms with Crippen molar-refractivity contribution in [3.8, 4) is 22.9 Å². The molecule has 138 valence electrons. The van der Waals surface area contributed by atoms with Gasteiger partial charge in [-0.25, -0.2) is 9.97 Å². The number of nitrogens with two attached hydrogens (primary N) is 2. The topological polar surface area (TPSA) is 99.1 Å². The van der Waals surface area contributed by atoms with Crippen LogP contribution in [-0.4, -0.2) is 9.97 Å². The smallest absolute Gasteiger partial charge is 0.163 e. The van der Waals surface area contributed by atoms with Crippen LogP contribution in [-0.2, 0) is 0 Å². The fourth-order valence-electron chi connectivity index (χ4n) is 2.75. The fourth-order valence-corrected chi connectivity index (χ4v) is 2.75. The van der Waals surface area contributed by atoms with Gasteiger partial charge in [0.15, 0.2) is 5.82 Å². The lowest BCUT2D eigenvalue weighted by atomic mass is 10.2. The first-order chi connectivity index (χ1) is 13.7. The van der Waals surface area contributed by atoms with Crippen LogP contribution in [0.5, 0.6) is 11.5 Å². The summed E-state index contributed by atoms with van der Waals surface area (Å²) in [5, 5.41) is 3.25. The zero-order valence-corrected chi connectivity index (χ0v) is 15.0. The van der Waals surface area contributed by atoms with Crippen LogP contribution < -0.4 is 21.5 Å². The van der Waals surface area contributed by atoms with Gasteiger partial charge in [-0.05, 0) is 36.4 Å². The zero-order chi connectivity index (χ0) is 19.3. The maximum atomic E-state index is 5.97. The van der Waals surface area contributed by atoms with Crippen LogP contribution >= 0.6 is 0 Å². The molecule has 0 fully saturated rings. The van der Waals surface area contributed by atoms with Crippen LogP contribution in [0, 0.1) is 0 Å². The fraction of sp³-hybridized carbons (Fsp3) is 0. The molecule has 6 nitrogen and oxygen atoms in total. The monoisotopic (exact) mass is 369 g/mol. The molecule has 0 aliphatic rings. The van der Waals surface area contributed by atoms with Crippen molar-refractivity contribution in [2.45, 2.75) is 0 Å². The van der Waals surface area contributed by atoms with E-state index in [4.69, 9.17) is 16.2 Å². The van der Waals surface area contributed by atoms with Crippen LogP contribution in [0.15, 0.2) is 84.9 Å². The summed E-state index contributed by atoms with van der Waals surface area (Å²) in [6.45, 7) is 0. The molecule has 0 saturated carbocycles. The van der Waals surface area contributed by atoms with Crippen molar-refractivity contribution in [2.75, 3.05) is 16.8 Å². The van der Waals surface area contributed by atoms with Gasteiger partial charge in [-0.1, -0.05) is 36.4 Å². The summed E-state index contributed by atoms with van der Waals surface area (Å²) >= 11 is 0. The number of ether oxygens (including phenoxy) is 1. The first-order valence-corrected chi connectivity index (χ1v) is 8.76. The molecule has 0 atom stereocenters. The Morgan fingerprint density at radius 2 is 1.50 bits per heavy atom. The Kier molecular flexibility index (Phi) is 4.76. The minimum Gasteiger partial charge on any atom is -0.457 e.